The number of hydrogen-bond donors (Lipinski definition) is 1. The largest absolute Gasteiger partial charge is 0.454 e. The van der Waals surface area contributed by atoms with Crippen LogP contribution in [0, 0.1) is 12.7 Å². The third-order valence-electron chi connectivity index (χ3n) is 4.34. The molecular weight excluding hydrogens is 369 g/mol. The molecule has 0 saturated carbocycles. The van der Waals surface area contributed by atoms with E-state index in [2.05, 4.69) is 5.32 Å². The maximum absolute atomic E-state index is 13.4. The summed E-state index contributed by atoms with van der Waals surface area (Å²) in [6.45, 7) is 1.58. The molecule has 0 spiro atoms. The number of aryl methyl sites for hydroxylation is 1. The van der Waals surface area contributed by atoms with Gasteiger partial charge >= 0.3 is 5.97 Å². The van der Waals surface area contributed by atoms with E-state index in [1.165, 1.54) is 18.2 Å². The highest BCUT2D eigenvalue weighted by molar-refractivity contribution is 5.96. The summed E-state index contributed by atoms with van der Waals surface area (Å²) in [5, 5.41) is 3.14. The van der Waals surface area contributed by atoms with E-state index < -0.39 is 24.3 Å². The molecule has 144 valence electrons. The van der Waals surface area contributed by atoms with E-state index in [1.54, 1.807) is 25.1 Å². The monoisotopic (exact) mass is 385 g/mol. The topological polar surface area (TPSA) is 87.0 Å². The first kappa shape index (κ1) is 17.8. The maximum atomic E-state index is 13.4. The lowest BCUT2D eigenvalue weighted by atomic mass is 10.1. The lowest BCUT2D eigenvalue weighted by Crippen LogP contribution is -2.28. The maximum Gasteiger partial charge on any atom is 0.375 e. The highest BCUT2D eigenvalue weighted by Gasteiger charge is 2.20. The molecule has 8 heteroatoms. The van der Waals surface area contributed by atoms with E-state index in [-0.39, 0.29) is 19.1 Å². The molecule has 0 bridgehead atoms. The Kier molecular flexibility index (Phi) is 4.60. The van der Waals surface area contributed by atoms with Crippen molar-refractivity contribution >= 4 is 22.8 Å². The molecule has 1 aliphatic rings. The fraction of sp³-hybridized carbons (Fsp3) is 0.200. The lowest BCUT2D eigenvalue weighted by molar-refractivity contribution is -0.124. The van der Waals surface area contributed by atoms with Gasteiger partial charge < -0.3 is 23.9 Å². The van der Waals surface area contributed by atoms with E-state index in [9.17, 15) is 14.0 Å². The van der Waals surface area contributed by atoms with E-state index in [0.717, 1.165) is 5.56 Å². The van der Waals surface area contributed by atoms with E-state index in [1.807, 2.05) is 0 Å². The first-order valence-corrected chi connectivity index (χ1v) is 8.52. The minimum atomic E-state index is -0.785. The van der Waals surface area contributed by atoms with Crippen molar-refractivity contribution in [2.24, 2.45) is 0 Å². The second kappa shape index (κ2) is 7.22. The van der Waals surface area contributed by atoms with Gasteiger partial charge in [0.25, 0.3) is 5.91 Å². The highest BCUT2D eigenvalue weighted by Crippen LogP contribution is 2.32. The second-order valence-corrected chi connectivity index (χ2v) is 6.24. The number of carbonyl (C=O) groups is 2. The van der Waals surface area contributed by atoms with Crippen LogP contribution in [0.2, 0.25) is 0 Å². The Bertz CT molecular complexity index is 1070. The van der Waals surface area contributed by atoms with Crippen LogP contribution in [0.5, 0.6) is 11.5 Å². The average Bonchev–Trinajstić information content (AvgIpc) is 3.28. The zero-order chi connectivity index (χ0) is 19.7. The summed E-state index contributed by atoms with van der Waals surface area (Å²) in [6.07, 6.45) is 0. The van der Waals surface area contributed by atoms with E-state index in [0.29, 0.717) is 28.0 Å². The molecule has 4 rings (SSSR count). The summed E-state index contributed by atoms with van der Waals surface area (Å²) in [7, 11) is 0. The number of halogens is 1. The molecular formula is C20H16FNO6. The minimum Gasteiger partial charge on any atom is -0.454 e. The van der Waals surface area contributed by atoms with Crippen LogP contribution in [-0.2, 0) is 16.1 Å². The van der Waals surface area contributed by atoms with Crippen LogP contribution in [-0.4, -0.2) is 25.3 Å². The van der Waals surface area contributed by atoms with Crippen molar-refractivity contribution in [3.8, 4) is 11.5 Å². The van der Waals surface area contributed by atoms with Gasteiger partial charge in [-0.05, 0) is 42.8 Å². The van der Waals surface area contributed by atoms with Crippen molar-refractivity contribution in [1.29, 1.82) is 0 Å². The summed E-state index contributed by atoms with van der Waals surface area (Å²) >= 11 is 0. The number of rotatable bonds is 5. The van der Waals surface area contributed by atoms with Crippen LogP contribution in [0.15, 0.2) is 40.8 Å². The molecule has 3 aromatic rings. The zero-order valence-corrected chi connectivity index (χ0v) is 14.9. The first-order chi connectivity index (χ1) is 13.5. The molecule has 7 nitrogen and oxygen atoms in total. The number of furan rings is 1. The molecule has 0 aliphatic carbocycles. The molecule has 1 N–H and O–H groups in total. The number of fused-ring (bicyclic) bond motifs is 2. The normalized spacial score (nSPS) is 12.2. The molecule has 1 aliphatic heterocycles. The molecule has 2 aromatic carbocycles. The highest BCUT2D eigenvalue weighted by atomic mass is 19.1. The third kappa shape index (κ3) is 3.48. The molecule has 1 amide bonds. The summed E-state index contributed by atoms with van der Waals surface area (Å²) in [6, 6.07) is 9.29. The van der Waals surface area contributed by atoms with Gasteiger partial charge in [-0.1, -0.05) is 6.07 Å². The predicted octanol–water partition coefficient (Wildman–Crippen LogP) is 3.08. The molecule has 1 aromatic heterocycles. The average molecular weight is 385 g/mol. The fourth-order valence-electron chi connectivity index (χ4n) is 2.89. The van der Waals surface area contributed by atoms with Crippen LogP contribution < -0.4 is 14.8 Å². The summed E-state index contributed by atoms with van der Waals surface area (Å²) < 4.78 is 34.3. The van der Waals surface area contributed by atoms with Gasteiger partial charge in [0, 0.05) is 17.5 Å². The molecule has 0 atom stereocenters. The Balaban J connectivity index is 1.33. The van der Waals surface area contributed by atoms with Crippen LogP contribution in [0.4, 0.5) is 4.39 Å². The second-order valence-electron chi connectivity index (χ2n) is 6.24. The van der Waals surface area contributed by atoms with Crippen LogP contribution in [0.3, 0.4) is 0 Å². The van der Waals surface area contributed by atoms with E-state index >= 15 is 0 Å². The predicted molar refractivity (Wildman–Crippen MR) is 95.6 cm³/mol. The van der Waals surface area contributed by atoms with Gasteiger partial charge in [0.1, 0.15) is 11.4 Å². The number of esters is 1. The Labute approximate surface area is 159 Å². The summed E-state index contributed by atoms with van der Waals surface area (Å²) in [4.78, 5) is 24.2. The Morgan fingerprint density at radius 3 is 2.82 bits per heavy atom. The first-order valence-electron chi connectivity index (χ1n) is 8.52. The van der Waals surface area contributed by atoms with Crippen molar-refractivity contribution in [1.82, 2.24) is 5.32 Å². The molecule has 0 saturated heterocycles. The third-order valence-corrected chi connectivity index (χ3v) is 4.34. The van der Waals surface area contributed by atoms with E-state index in [4.69, 9.17) is 18.6 Å². The Morgan fingerprint density at radius 1 is 1.14 bits per heavy atom. The molecule has 28 heavy (non-hydrogen) atoms. The van der Waals surface area contributed by atoms with Gasteiger partial charge in [0.05, 0.1) is 0 Å². The molecule has 2 heterocycles. The number of hydrogen-bond acceptors (Lipinski definition) is 6. The van der Waals surface area contributed by atoms with Crippen LogP contribution >= 0.6 is 0 Å². The summed E-state index contributed by atoms with van der Waals surface area (Å²) in [5.74, 6) is -0.457. The minimum absolute atomic E-state index is 0.0517. The Hall–Kier alpha value is -3.55. The van der Waals surface area contributed by atoms with Gasteiger partial charge in [0.2, 0.25) is 12.6 Å². The molecule has 0 unspecified atom stereocenters. The molecule has 0 radical (unpaired) electrons. The fourth-order valence-corrected chi connectivity index (χ4v) is 2.89. The summed E-state index contributed by atoms with van der Waals surface area (Å²) in [5.41, 5.74) is 1.65. The van der Waals surface area contributed by atoms with Crippen molar-refractivity contribution < 1.29 is 32.6 Å². The van der Waals surface area contributed by atoms with Crippen molar-refractivity contribution in [3.05, 3.63) is 59.1 Å². The zero-order valence-electron chi connectivity index (χ0n) is 14.9. The lowest BCUT2D eigenvalue weighted by Gasteiger charge is -2.07. The van der Waals surface area contributed by atoms with Gasteiger partial charge in [0.15, 0.2) is 18.1 Å². The number of benzene rings is 2. The SMILES string of the molecule is Cc1c(C(=O)OCC(=O)NCc2ccc3c(c2)OCO3)oc2ccc(F)cc12. The van der Waals surface area contributed by atoms with Gasteiger partial charge in [-0.15, -0.1) is 0 Å². The molecule has 0 fully saturated rings. The van der Waals surface area contributed by atoms with Crippen molar-refractivity contribution in [3.63, 3.8) is 0 Å². The number of carbonyl (C=O) groups excluding carboxylic acids is 2. The standard InChI is InChI=1S/C20H16FNO6/c1-11-14-7-13(21)3-5-15(14)28-19(11)20(24)25-9-18(23)22-8-12-2-4-16-17(6-12)27-10-26-16/h2-7H,8-10H2,1H3,(H,22,23). The van der Waals surface area contributed by atoms with Gasteiger partial charge in [-0.25, -0.2) is 9.18 Å². The van der Waals surface area contributed by atoms with Gasteiger partial charge in [-0.2, -0.15) is 0 Å². The smallest absolute Gasteiger partial charge is 0.375 e. The quantitative estimate of drug-likeness (QED) is 0.679. The van der Waals surface area contributed by atoms with Gasteiger partial charge in [-0.3, -0.25) is 4.79 Å². The van der Waals surface area contributed by atoms with Crippen molar-refractivity contribution in [2.45, 2.75) is 13.5 Å². The van der Waals surface area contributed by atoms with Crippen LogP contribution in [0.25, 0.3) is 11.0 Å². The number of amides is 1. The Morgan fingerprint density at radius 2 is 1.96 bits per heavy atom. The van der Waals surface area contributed by atoms with Crippen LogP contribution in [0.1, 0.15) is 21.7 Å². The number of ether oxygens (including phenoxy) is 3. The number of nitrogens with one attached hydrogen (secondary N) is 1. The van der Waals surface area contributed by atoms with Crippen molar-refractivity contribution in [2.75, 3.05) is 13.4 Å².